The van der Waals surface area contributed by atoms with Gasteiger partial charge in [0.1, 0.15) is 0 Å². The van der Waals surface area contributed by atoms with E-state index in [9.17, 15) is 4.79 Å². The van der Waals surface area contributed by atoms with E-state index < -0.39 is 0 Å². The summed E-state index contributed by atoms with van der Waals surface area (Å²) < 4.78 is 0. The summed E-state index contributed by atoms with van der Waals surface area (Å²) in [5.41, 5.74) is 3.64. The lowest BCUT2D eigenvalue weighted by molar-refractivity contribution is -0.00722. The van der Waals surface area contributed by atoms with Crippen molar-refractivity contribution in [2.45, 2.75) is 26.7 Å². The predicted molar refractivity (Wildman–Crippen MR) is 76.4 cm³/mol. The van der Waals surface area contributed by atoms with Crippen LogP contribution in [0.3, 0.4) is 0 Å². The largest absolute Gasteiger partial charge is 0.337 e. The van der Waals surface area contributed by atoms with Crippen LogP contribution < -0.4 is 5.32 Å². The summed E-state index contributed by atoms with van der Waals surface area (Å²) in [5, 5.41) is 3.46. The third kappa shape index (κ3) is 2.27. The number of amides is 1. The molecule has 2 aliphatic heterocycles. The molecule has 1 N–H and O–H groups in total. The summed E-state index contributed by atoms with van der Waals surface area (Å²) in [6.45, 7) is 8.19. The Bertz CT molecular complexity index is 495. The van der Waals surface area contributed by atoms with Crippen molar-refractivity contribution in [1.82, 2.24) is 10.2 Å². The number of hydrogen-bond acceptors (Lipinski definition) is 2. The molecule has 0 bridgehead atoms. The highest BCUT2D eigenvalue weighted by Gasteiger charge is 2.45. The van der Waals surface area contributed by atoms with E-state index in [1.807, 2.05) is 23.1 Å². The van der Waals surface area contributed by atoms with Crippen LogP contribution in [0.5, 0.6) is 0 Å². The zero-order valence-corrected chi connectivity index (χ0v) is 11.8. The van der Waals surface area contributed by atoms with Crippen molar-refractivity contribution in [3.05, 3.63) is 34.9 Å². The second kappa shape index (κ2) is 4.64. The van der Waals surface area contributed by atoms with E-state index in [0.717, 1.165) is 31.7 Å². The fourth-order valence-electron chi connectivity index (χ4n) is 3.26. The second-order valence-corrected chi connectivity index (χ2v) is 6.24. The van der Waals surface area contributed by atoms with Gasteiger partial charge in [-0.05, 0) is 56.5 Å². The first-order chi connectivity index (χ1) is 9.10. The highest BCUT2D eigenvalue weighted by Crippen LogP contribution is 2.37. The first-order valence-corrected chi connectivity index (χ1v) is 7.17. The fraction of sp³-hybridized carbons (Fsp3) is 0.562. The number of nitrogens with one attached hydrogen (secondary N) is 1. The van der Waals surface area contributed by atoms with Gasteiger partial charge in [-0.15, -0.1) is 0 Å². The minimum atomic E-state index is 0.194. The van der Waals surface area contributed by atoms with E-state index in [-0.39, 0.29) is 5.91 Å². The Morgan fingerprint density at radius 2 is 2.05 bits per heavy atom. The molecule has 0 saturated carbocycles. The molecule has 2 aliphatic rings. The number of likely N-dealkylation sites (tertiary alicyclic amines) is 1. The zero-order valence-electron chi connectivity index (χ0n) is 11.8. The van der Waals surface area contributed by atoms with E-state index in [0.29, 0.717) is 5.41 Å². The Balaban J connectivity index is 1.67. The molecular weight excluding hydrogens is 236 g/mol. The Morgan fingerprint density at radius 1 is 1.26 bits per heavy atom. The fourth-order valence-corrected chi connectivity index (χ4v) is 3.26. The molecule has 1 spiro atoms. The van der Waals surface area contributed by atoms with Crippen LogP contribution in [0.4, 0.5) is 0 Å². The van der Waals surface area contributed by atoms with Crippen LogP contribution in [0.1, 0.15) is 34.3 Å². The molecular formula is C16H22N2O. The van der Waals surface area contributed by atoms with Crippen LogP contribution in [-0.2, 0) is 0 Å². The number of carbonyl (C=O) groups is 1. The predicted octanol–water partition coefficient (Wildman–Crippen LogP) is 2.13. The Hall–Kier alpha value is -1.35. The maximum Gasteiger partial charge on any atom is 0.253 e. The van der Waals surface area contributed by atoms with Gasteiger partial charge in [-0.1, -0.05) is 6.07 Å². The molecule has 102 valence electrons. The number of nitrogens with zero attached hydrogens (tertiary/aromatic N) is 1. The number of rotatable bonds is 1. The molecule has 3 nitrogen and oxygen atoms in total. The molecule has 19 heavy (non-hydrogen) atoms. The van der Waals surface area contributed by atoms with E-state index in [1.54, 1.807) is 0 Å². The summed E-state index contributed by atoms with van der Waals surface area (Å²) in [6, 6.07) is 6.01. The SMILES string of the molecule is Cc1ccc(C(=O)N2CC3(CCCNC3)C2)cc1C. The van der Waals surface area contributed by atoms with Crippen molar-refractivity contribution in [3.8, 4) is 0 Å². The Labute approximate surface area is 115 Å². The van der Waals surface area contributed by atoms with Crippen molar-refractivity contribution in [2.24, 2.45) is 5.41 Å². The molecule has 0 atom stereocenters. The average Bonchev–Trinajstić information content (AvgIpc) is 2.39. The van der Waals surface area contributed by atoms with Gasteiger partial charge in [0.25, 0.3) is 5.91 Å². The molecule has 3 heteroatoms. The lowest BCUT2D eigenvalue weighted by Gasteiger charge is -2.52. The minimum absolute atomic E-state index is 0.194. The number of piperidine rings is 1. The van der Waals surface area contributed by atoms with Crippen molar-refractivity contribution in [3.63, 3.8) is 0 Å². The van der Waals surface area contributed by atoms with Crippen LogP contribution >= 0.6 is 0 Å². The van der Waals surface area contributed by atoms with E-state index in [1.165, 1.54) is 24.0 Å². The van der Waals surface area contributed by atoms with Crippen molar-refractivity contribution < 1.29 is 4.79 Å². The number of hydrogen-bond donors (Lipinski definition) is 1. The molecule has 1 aromatic rings. The summed E-state index contributed by atoms with van der Waals surface area (Å²) in [5.74, 6) is 0.194. The maximum atomic E-state index is 12.4. The molecule has 0 radical (unpaired) electrons. The van der Waals surface area contributed by atoms with Gasteiger partial charge in [0.2, 0.25) is 0 Å². The van der Waals surface area contributed by atoms with Crippen LogP contribution in [0.2, 0.25) is 0 Å². The molecule has 2 heterocycles. The summed E-state index contributed by atoms with van der Waals surface area (Å²) in [4.78, 5) is 14.4. The van der Waals surface area contributed by atoms with Gasteiger partial charge < -0.3 is 10.2 Å². The Morgan fingerprint density at radius 3 is 2.68 bits per heavy atom. The smallest absolute Gasteiger partial charge is 0.253 e. The zero-order chi connectivity index (χ0) is 13.5. The monoisotopic (exact) mass is 258 g/mol. The van der Waals surface area contributed by atoms with Crippen LogP contribution in [0, 0.1) is 19.3 Å². The average molecular weight is 258 g/mol. The number of carbonyl (C=O) groups excluding carboxylic acids is 1. The lowest BCUT2D eigenvalue weighted by Crippen LogP contribution is -2.63. The van der Waals surface area contributed by atoms with Gasteiger partial charge in [-0.3, -0.25) is 4.79 Å². The van der Waals surface area contributed by atoms with Crippen molar-refractivity contribution in [2.75, 3.05) is 26.2 Å². The molecule has 3 rings (SSSR count). The standard InChI is InChI=1S/C16H22N2O/c1-12-4-5-14(8-13(12)2)15(19)18-10-16(11-18)6-3-7-17-9-16/h4-5,8,17H,3,6-7,9-11H2,1-2H3. The van der Waals surface area contributed by atoms with Gasteiger partial charge in [0.15, 0.2) is 0 Å². The van der Waals surface area contributed by atoms with E-state index >= 15 is 0 Å². The van der Waals surface area contributed by atoms with Gasteiger partial charge >= 0.3 is 0 Å². The van der Waals surface area contributed by atoms with Crippen LogP contribution in [0.15, 0.2) is 18.2 Å². The summed E-state index contributed by atoms with van der Waals surface area (Å²) in [7, 11) is 0. The van der Waals surface area contributed by atoms with Crippen molar-refractivity contribution >= 4 is 5.91 Å². The first-order valence-electron chi connectivity index (χ1n) is 7.17. The third-order valence-corrected chi connectivity index (χ3v) is 4.65. The highest BCUT2D eigenvalue weighted by atomic mass is 16.2. The van der Waals surface area contributed by atoms with Gasteiger partial charge in [0.05, 0.1) is 0 Å². The van der Waals surface area contributed by atoms with Crippen LogP contribution in [0.25, 0.3) is 0 Å². The highest BCUT2D eigenvalue weighted by molar-refractivity contribution is 5.95. The molecule has 0 aliphatic carbocycles. The van der Waals surface area contributed by atoms with E-state index in [4.69, 9.17) is 0 Å². The molecule has 2 saturated heterocycles. The molecule has 1 aromatic carbocycles. The number of aryl methyl sites for hydroxylation is 2. The maximum absolute atomic E-state index is 12.4. The van der Waals surface area contributed by atoms with E-state index in [2.05, 4.69) is 19.2 Å². The Kier molecular flexibility index (Phi) is 3.09. The number of benzene rings is 1. The summed E-state index contributed by atoms with van der Waals surface area (Å²) in [6.07, 6.45) is 2.50. The molecule has 2 fully saturated rings. The van der Waals surface area contributed by atoms with Gasteiger partial charge in [-0.25, -0.2) is 0 Å². The topological polar surface area (TPSA) is 32.3 Å². The van der Waals surface area contributed by atoms with Crippen LogP contribution in [-0.4, -0.2) is 37.0 Å². The normalized spacial score (nSPS) is 21.3. The third-order valence-electron chi connectivity index (χ3n) is 4.65. The minimum Gasteiger partial charge on any atom is -0.337 e. The molecule has 0 aromatic heterocycles. The summed E-state index contributed by atoms with van der Waals surface area (Å²) >= 11 is 0. The molecule has 0 unspecified atom stereocenters. The second-order valence-electron chi connectivity index (χ2n) is 6.24. The van der Waals surface area contributed by atoms with Gasteiger partial charge in [0, 0.05) is 30.6 Å². The quantitative estimate of drug-likeness (QED) is 0.837. The first kappa shape index (κ1) is 12.7. The van der Waals surface area contributed by atoms with Gasteiger partial charge in [-0.2, -0.15) is 0 Å². The molecule has 1 amide bonds. The lowest BCUT2D eigenvalue weighted by atomic mass is 9.74. The van der Waals surface area contributed by atoms with Crippen molar-refractivity contribution in [1.29, 1.82) is 0 Å².